The molecule has 130 valence electrons. The SMILES string of the molecule is O=C(NCc1cc(F)cc2c1OCOC2)N[C@@H]1CCO[C@@H]1C1CC1. The fourth-order valence-electron chi connectivity index (χ4n) is 3.44. The summed E-state index contributed by atoms with van der Waals surface area (Å²) in [7, 11) is 0. The summed E-state index contributed by atoms with van der Waals surface area (Å²) >= 11 is 0. The Bertz CT molecular complexity index is 635. The van der Waals surface area contributed by atoms with Crippen molar-refractivity contribution in [1.29, 1.82) is 0 Å². The van der Waals surface area contributed by atoms with Crippen molar-refractivity contribution >= 4 is 6.03 Å². The van der Waals surface area contributed by atoms with Crippen LogP contribution in [0, 0.1) is 11.7 Å². The van der Waals surface area contributed by atoms with Crippen LogP contribution in [0.4, 0.5) is 9.18 Å². The van der Waals surface area contributed by atoms with Crippen molar-refractivity contribution in [3.05, 3.63) is 29.1 Å². The average molecular weight is 336 g/mol. The van der Waals surface area contributed by atoms with E-state index in [0.717, 1.165) is 6.42 Å². The maximum absolute atomic E-state index is 13.7. The molecular formula is C17H21FN2O4. The summed E-state index contributed by atoms with van der Waals surface area (Å²) in [6.07, 6.45) is 3.33. The Morgan fingerprint density at radius 3 is 3.00 bits per heavy atom. The molecule has 0 radical (unpaired) electrons. The summed E-state index contributed by atoms with van der Waals surface area (Å²) in [5.74, 6) is 0.822. The van der Waals surface area contributed by atoms with E-state index in [1.54, 1.807) is 0 Å². The first-order valence-electron chi connectivity index (χ1n) is 8.38. The first-order chi connectivity index (χ1) is 11.7. The van der Waals surface area contributed by atoms with E-state index in [1.165, 1.54) is 25.0 Å². The van der Waals surface area contributed by atoms with Crippen molar-refractivity contribution in [2.75, 3.05) is 13.4 Å². The molecule has 1 aromatic rings. The van der Waals surface area contributed by atoms with Crippen LogP contribution in [-0.4, -0.2) is 31.6 Å². The molecule has 2 aliphatic heterocycles. The van der Waals surface area contributed by atoms with Gasteiger partial charge in [0.2, 0.25) is 0 Å². The second kappa shape index (κ2) is 6.57. The normalized spacial score (nSPS) is 25.7. The first-order valence-corrected chi connectivity index (χ1v) is 8.38. The van der Waals surface area contributed by atoms with Gasteiger partial charge in [-0.1, -0.05) is 0 Å². The molecule has 2 N–H and O–H groups in total. The van der Waals surface area contributed by atoms with Crippen LogP contribution >= 0.6 is 0 Å². The lowest BCUT2D eigenvalue weighted by molar-refractivity contribution is -0.0173. The minimum atomic E-state index is -0.363. The average Bonchev–Trinajstić information content (AvgIpc) is 3.32. The summed E-state index contributed by atoms with van der Waals surface area (Å²) in [6, 6.07) is 2.58. The number of carbonyl (C=O) groups excluding carboxylic acids is 1. The summed E-state index contributed by atoms with van der Waals surface area (Å²) in [4.78, 5) is 12.2. The molecule has 1 saturated carbocycles. The van der Waals surface area contributed by atoms with Gasteiger partial charge in [-0.3, -0.25) is 0 Å². The summed E-state index contributed by atoms with van der Waals surface area (Å²) in [6.45, 7) is 1.35. The van der Waals surface area contributed by atoms with Gasteiger partial charge in [0, 0.05) is 24.3 Å². The Balaban J connectivity index is 1.36. The molecule has 0 unspecified atom stereocenters. The van der Waals surface area contributed by atoms with Crippen molar-refractivity contribution in [2.24, 2.45) is 5.92 Å². The second-order valence-corrected chi connectivity index (χ2v) is 6.56. The number of hydrogen-bond acceptors (Lipinski definition) is 4. The number of carbonyl (C=O) groups is 1. The van der Waals surface area contributed by atoms with E-state index >= 15 is 0 Å². The third kappa shape index (κ3) is 3.32. The fourth-order valence-corrected chi connectivity index (χ4v) is 3.44. The van der Waals surface area contributed by atoms with Gasteiger partial charge in [-0.05, 0) is 37.3 Å². The minimum Gasteiger partial charge on any atom is -0.467 e. The molecule has 2 amide bonds. The molecule has 1 aromatic carbocycles. The van der Waals surface area contributed by atoms with Crippen molar-refractivity contribution < 1.29 is 23.4 Å². The van der Waals surface area contributed by atoms with Crippen molar-refractivity contribution in [1.82, 2.24) is 10.6 Å². The first kappa shape index (κ1) is 15.7. The van der Waals surface area contributed by atoms with Crippen molar-refractivity contribution in [3.63, 3.8) is 0 Å². The molecule has 24 heavy (non-hydrogen) atoms. The predicted octanol–water partition coefficient (Wildman–Crippen LogP) is 2.06. The van der Waals surface area contributed by atoms with E-state index in [0.29, 0.717) is 36.0 Å². The molecular weight excluding hydrogens is 315 g/mol. The van der Waals surface area contributed by atoms with Crippen LogP contribution in [0.5, 0.6) is 5.75 Å². The highest BCUT2D eigenvalue weighted by Crippen LogP contribution is 2.38. The van der Waals surface area contributed by atoms with E-state index < -0.39 is 0 Å². The maximum Gasteiger partial charge on any atom is 0.315 e. The summed E-state index contributed by atoms with van der Waals surface area (Å²) in [5, 5.41) is 5.77. The van der Waals surface area contributed by atoms with Crippen LogP contribution in [0.25, 0.3) is 0 Å². The number of ether oxygens (including phenoxy) is 3. The highest BCUT2D eigenvalue weighted by molar-refractivity contribution is 5.74. The van der Waals surface area contributed by atoms with Crippen LogP contribution in [-0.2, 0) is 22.6 Å². The maximum atomic E-state index is 13.7. The van der Waals surface area contributed by atoms with Gasteiger partial charge in [-0.2, -0.15) is 0 Å². The molecule has 1 aliphatic carbocycles. The largest absolute Gasteiger partial charge is 0.467 e. The Labute approximate surface area is 139 Å². The molecule has 7 heteroatoms. The number of hydrogen-bond donors (Lipinski definition) is 2. The van der Waals surface area contributed by atoms with Crippen LogP contribution in [0.2, 0.25) is 0 Å². The zero-order valence-electron chi connectivity index (χ0n) is 13.3. The van der Waals surface area contributed by atoms with Crippen LogP contribution in [0.3, 0.4) is 0 Å². The third-order valence-corrected chi connectivity index (χ3v) is 4.73. The van der Waals surface area contributed by atoms with Crippen molar-refractivity contribution in [2.45, 2.75) is 44.6 Å². The highest BCUT2D eigenvalue weighted by Gasteiger charge is 2.41. The van der Waals surface area contributed by atoms with E-state index in [-0.39, 0.29) is 37.3 Å². The number of amides is 2. The number of halogens is 1. The van der Waals surface area contributed by atoms with E-state index in [2.05, 4.69) is 10.6 Å². The number of fused-ring (bicyclic) bond motifs is 1. The van der Waals surface area contributed by atoms with E-state index in [9.17, 15) is 9.18 Å². The van der Waals surface area contributed by atoms with E-state index in [1.807, 2.05) is 0 Å². The summed E-state index contributed by atoms with van der Waals surface area (Å²) < 4.78 is 30.0. The highest BCUT2D eigenvalue weighted by atomic mass is 19.1. The van der Waals surface area contributed by atoms with Gasteiger partial charge >= 0.3 is 6.03 Å². The number of urea groups is 1. The number of rotatable bonds is 4. The quantitative estimate of drug-likeness (QED) is 0.883. The Hall–Kier alpha value is -1.86. The third-order valence-electron chi connectivity index (χ3n) is 4.73. The molecule has 2 heterocycles. The Morgan fingerprint density at radius 2 is 2.17 bits per heavy atom. The molecule has 0 spiro atoms. The standard InChI is InChI=1S/C17H21FN2O4/c18-13-5-11(15-12(6-13)8-22-9-24-15)7-19-17(21)20-14-3-4-23-16(14)10-1-2-10/h5-6,10,14,16H,1-4,7-9H2,(H2,19,20,21)/t14-,16-/m1/s1. The lowest BCUT2D eigenvalue weighted by Gasteiger charge is -2.22. The number of nitrogens with one attached hydrogen (secondary N) is 2. The van der Waals surface area contributed by atoms with Crippen LogP contribution in [0.1, 0.15) is 30.4 Å². The lowest BCUT2D eigenvalue weighted by atomic mass is 10.1. The Kier molecular flexibility index (Phi) is 4.28. The van der Waals surface area contributed by atoms with Gasteiger partial charge in [-0.25, -0.2) is 9.18 Å². The van der Waals surface area contributed by atoms with Crippen LogP contribution < -0.4 is 15.4 Å². The Morgan fingerprint density at radius 1 is 1.29 bits per heavy atom. The molecule has 3 aliphatic rings. The number of benzene rings is 1. The fraction of sp³-hybridized carbons (Fsp3) is 0.588. The molecule has 0 bridgehead atoms. The zero-order chi connectivity index (χ0) is 16.5. The smallest absolute Gasteiger partial charge is 0.315 e. The van der Waals surface area contributed by atoms with Gasteiger partial charge in [0.15, 0.2) is 6.79 Å². The predicted molar refractivity (Wildman–Crippen MR) is 82.9 cm³/mol. The lowest BCUT2D eigenvalue weighted by Crippen LogP contribution is -2.46. The van der Waals surface area contributed by atoms with Gasteiger partial charge < -0.3 is 24.8 Å². The molecule has 1 saturated heterocycles. The van der Waals surface area contributed by atoms with Gasteiger partial charge in [0.1, 0.15) is 11.6 Å². The van der Waals surface area contributed by atoms with Gasteiger partial charge in [0.25, 0.3) is 0 Å². The monoisotopic (exact) mass is 336 g/mol. The molecule has 2 fully saturated rings. The topological polar surface area (TPSA) is 68.8 Å². The van der Waals surface area contributed by atoms with E-state index in [4.69, 9.17) is 14.2 Å². The second-order valence-electron chi connectivity index (χ2n) is 6.56. The zero-order valence-corrected chi connectivity index (χ0v) is 13.3. The van der Waals surface area contributed by atoms with Crippen LogP contribution in [0.15, 0.2) is 12.1 Å². The van der Waals surface area contributed by atoms with Gasteiger partial charge in [0.05, 0.1) is 18.8 Å². The van der Waals surface area contributed by atoms with Crippen molar-refractivity contribution in [3.8, 4) is 5.75 Å². The van der Waals surface area contributed by atoms with Gasteiger partial charge in [-0.15, -0.1) is 0 Å². The summed E-state index contributed by atoms with van der Waals surface area (Å²) in [5.41, 5.74) is 1.28. The molecule has 4 rings (SSSR count). The molecule has 2 atom stereocenters. The molecule has 0 aromatic heterocycles. The molecule has 6 nitrogen and oxygen atoms in total. The minimum absolute atomic E-state index is 0.0589.